The van der Waals surface area contributed by atoms with Gasteiger partial charge >= 0.3 is 0 Å². The van der Waals surface area contributed by atoms with Gasteiger partial charge in [-0.25, -0.2) is 0 Å². The van der Waals surface area contributed by atoms with Gasteiger partial charge in [0.15, 0.2) is 16.6 Å². The van der Waals surface area contributed by atoms with E-state index in [2.05, 4.69) is 26.1 Å². The molecule has 2 aromatic heterocycles. The Morgan fingerprint density at radius 1 is 1.27 bits per heavy atom. The molecule has 3 heterocycles. The summed E-state index contributed by atoms with van der Waals surface area (Å²) in [7, 11) is 0. The molecule has 0 radical (unpaired) electrons. The number of nitrogens with two attached hydrogens (primary N) is 1. The summed E-state index contributed by atoms with van der Waals surface area (Å²) >= 11 is 4.73. The van der Waals surface area contributed by atoms with Crippen LogP contribution in [0.1, 0.15) is 20.8 Å². The van der Waals surface area contributed by atoms with Crippen LogP contribution in [0.25, 0.3) is 11.3 Å². The second-order valence-electron chi connectivity index (χ2n) is 5.92. The zero-order valence-corrected chi connectivity index (χ0v) is 15.7. The fourth-order valence-corrected chi connectivity index (χ4v) is 4.82. The van der Waals surface area contributed by atoms with Crippen molar-refractivity contribution in [1.29, 1.82) is 0 Å². The van der Waals surface area contributed by atoms with Crippen molar-refractivity contribution in [3.05, 3.63) is 38.8 Å². The number of ether oxygens (including phenoxy) is 3. The lowest BCUT2D eigenvalue weighted by molar-refractivity contribution is 0.100. The molecule has 0 saturated heterocycles. The van der Waals surface area contributed by atoms with E-state index in [4.69, 9.17) is 19.9 Å². The summed E-state index contributed by atoms with van der Waals surface area (Å²) in [5.74, 6) is 1.45. The van der Waals surface area contributed by atoms with Crippen molar-refractivity contribution in [2.24, 2.45) is 5.73 Å². The van der Waals surface area contributed by atoms with Gasteiger partial charge in [-0.1, -0.05) is 11.3 Å². The fourth-order valence-electron chi connectivity index (χ4n) is 3.27. The van der Waals surface area contributed by atoms with Crippen LogP contribution in [0.15, 0.2) is 22.8 Å². The Kier molecular flexibility index (Phi) is 3.47. The highest BCUT2D eigenvalue weighted by Gasteiger charge is 2.31. The lowest BCUT2D eigenvalue weighted by atomic mass is 9.92. The Bertz CT molecular complexity index is 1060. The minimum absolute atomic E-state index is 0.198. The van der Waals surface area contributed by atoms with E-state index in [0.717, 1.165) is 33.4 Å². The number of primary amides is 1. The van der Waals surface area contributed by atoms with Crippen molar-refractivity contribution >= 4 is 33.2 Å². The topological polar surface area (TPSA) is 99.5 Å². The van der Waals surface area contributed by atoms with Crippen molar-refractivity contribution in [2.45, 2.75) is 12.8 Å². The number of amides is 1. The first-order chi connectivity index (χ1) is 12.6. The number of rotatable bonds is 3. The fraction of sp³-hybridized carbons (Fsp3) is 0.176. The van der Waals surface area contributed by atoms with E-state index in [1.165, 1.54) is 11.3 Å². The molecular weight excluding hydrogens is 422 g/mol. The number of fused-ring (bicyclic) bond motifs is 4. The maximum atomic E-state index is 11.9. The van der Waals surface area contributed by atoms with Crippen LogP contribution in [0.5, 0.6) is 22.3 Å². The van der Waals surface area contributed by atoms with Crippen LogP contribution in [0.2, 0.25) is 0 Å². The van der Waals surface area contributed by atoms with Gasteiger partial charge in [0.25, 0.3) is 5.91 Å². The molecule has 132 valence electrons. The number of thiophene rings is 1. The summed E-state index contributed by atoms with van der Waals surface area (Å²) in [5, 5.41) is 7.93. The summed E-state index contributed by atoms with van der Waals surface area (Å²) in [6.45, 7) is 0.198. The van der Waals surface area contributed by atoms with Crippen LogP contribution in [-0.2, 0) is 12.8 Å². The van der Waals surface area contributed by atoms with E-state index in [9.17, 15) is 4.79 Å². The maximum absolute atomic E-state index is 11.9. The molecule has 0 spiro atoms. The molecule has 0 fully saturated rings. The zero-order chi connectivity index (χ0) is 17.8. The van der Waals surface area contributed by atoms with Crippen LogP contribution in [-0.4, -0.2) is 22.9 Å². The number of nitrogens with zero attached hydrogens (tertiary/aromatic N) is 1. The van der Waals surface area contributed by atoms with E-state index in [0.29, 0.717) is 33.6 Å². The minimum atomic E-state index is -0.454. The number of benzene rings is 1. The third-order valence-electron chi connectivity index (χ3n) is 4.43. The molecule has 0 saturated carbocycles. The molecule has 1 amide bonds. The standard InChI is InChI=1S/C17H12BrN3O4S/c18-15-9-3-2-8-12(13(9)20-21-15)17(26-14(8)16(19)22)25-7-1-4-10-11(5-7)24-6-23-10/h1,4-5H,2-3,6H2,(H2,19,22)(H,20,21). The number of hydrogen-bond acceptors (Lipinski definition) is 6. The summed E-state index contributed by atoms with van der Waals surface area (Å²) in [6.07, 6.45) is 1.49. The first-order valence-electron chi connectivity index (χ1n) is 7.88. The summed E-state index contributed by atoms with van der Waals surface area (Å²) < 4.78 is 17.7. The predicted octanol–water partition coefficient (Wildman–Crippen LogP) is 3.62. The number of H-pyrrole nitrogens is 1. The highest BCUT2D eigenvalue weighted by molar-refractivity contribution is 9.10. The number of hydrogen-bond donors (Lipinski definition) is 2. The van der Waals surface area contributed by atoms with Gasteiger partial charge in [0.2, 0.25) is 6.79 Å². The molecule has 26 heavy (non-hydrogen) atoms. The lowest BCUT2D eigenvalue weighted by Crippen LogP contribution is -2.13. The molecule has 7 nitrogen and oxygen atoms in total. The summed E-state index contributed by atoms with van der Waals surface area (Å²) in [5.41, 5.74) is 9.16. The van der Waals surface area contributed by atoms with Crippen molar-refractivity contribution in [3.8, 4) is 33.6 Å². The van der Waals surface area contributed by atoms with Crippen molar-refractivity contribution in [2.75, 3.05) is 6.79 Å². The van der Waals surface area contributed by atoms with Crippen LogP contribution in [0.4, 0.5) is 0 Å². The van der Waals surface area contributed by atoms with Crippen molar-refractivity contribution in [1.82, 2.24) is 10.2 Å². The Morgan fingerprint density at radius 3 is 2.92 bits per heavy atom. The van der Waals surface area contributed by atoms with Gasteiger partial charge in [0.05, 0.1) is 10.4 Å². The van der Waals surface area contributed by atoms with Gasteiger partial charge < -0.3 is 19.9 Å². The molecule has 5 rings (SSSR count). The third-order valence-corrected chi connectivity index (χ3v) is 6.21. The Morgan fingerprint density at radius 2 is 2.08 bits per heavy atom. The Labute approximate surface area is 160 Å². The van der Waals surface area contributed by atoms with Crippen LogP contribution in [0, 0.1) is 0 Å². The van der Waals surface area contributed by atoms with Crippen LogP contribution < -0.4 is 19.9 Å². The maximum Gasteiger partial charge on any atom is 0.259 e. The van der Waals surface area contributed by atoms with E-state index in [1.54, 1.807) is 18.2 Å². The summed E-state index contributed by atoms with van der Waals surface area (Å²) in [4.78, 5) is 12.4. The highest BCUT2D eigenvalue weighted by atomic mass is 79.9. The van der Waals surface area contributed by atoms with Gasteiger partial charge in [-0.15, -0.1) is 0 Å². The third kappa shape index (κ3) is 2.31. The predicted molar refractivity (Wildman–Crippen MR) is 98.2 cm³/mol. The van der Waals surface area contributed by atoms with E-state index >= 15 is 0 Å². The summed E-state index contributed by atoms with van der Waals surface area (Å²) in [6, 6.07) is 5.36. The number of aromatic nitrogens is 2. The highest BCUT2D eigenvalue weighted by Crippen LogP contribution is 2.49. The molecule has 9 heteroatoms. The van der Waals surface area contributed by atoms with E-state index in [1.807, 2.05) is 0 Å². The van der Waals surface area contributed by atoms with Crippen LogP contribution >= 0.6 is 27.3 Å². The molecule has 0 unspecified atom stereocenters. The molecule has 0 bridgehead atoms. The van der Waals surface area contributed by atoms with Gasteiger partial charge in [-0.05, 0) is 46.5 Å². The molecule has 0 atom stereocenters. The number of nitrogens with one attached hydrogen (secondary N) is 1. The number of carbonyl (C=O) groups is 1. The molecule has 1 aliphatic carbocycles. The Hall–Kier alpha value is -2.52. The largest absolute Gasteiger partial charge is 0.454 e. The monoisotopic (exact) mass is 433 g/mol. The quantitative estimate of drug-likeness (QED) is 0.656. The molecule has 1 aliphatic heterocycles. The molecule has 2 aliphatic rings. The average molecular weight is 434 g/mol. The average Bonchev–Trinajstić information content (AvgIpc) is 3.32. The van der Waals surface area contributed by atoms with Crippen molar-refractivity contribution in [3.63, 3.8) is 0 Å². The number of aromatic amines is 1. The molecular formula is C17H12BrN3O4S. The minimum Gasteiger partial charge on any atom is -0.454 e. The van der Waals surface area contributed by atoms with Gasteiger partial charge in [0, 0.05) is 11.6 Å². The second kappa shape index (κ2) is 5.75. The number of carbonyl (C=O) groups excluding carboxylic acids is 1. The van der Waals surface area contributed by atoms with E-state index in [-0.39, 0.29) is 6.79 Å². The zero-order valence-electron chi connectivity index (χ0n) is 13.3. The first-order valence-corrected chi connectivity index (χ1v) is 9.49. The van der Waals surface area contributed by atoms with Gasteiger partial charge in [0.1, 0.15) is 16.0 Å². The molecule has 3 aromatic rings. The van der Waals surface area contributed by atoms with Gasteiger partial charge in [-0.2, -0.15) is 5.10 Å². The Balaban J connectivity index is 1.62. The number of halogens is 1. The van der Waals surface area contributed by atoms with Crippen molar-refractivity contribution < 1.29 is 19.0 Å². The van der Waals surface area contributed by atoms with Gasteiger partial charge in [-0.3, -0.25) is 9.89 Å². The molecule has 3 N–H and O–H groups in total. The normalized spacial score (nSPS) is 14.0. The first kappa shape index (κ1) is 15.7. The SMILES string of the molecule is NC(=O)c1sc(Oc2ccc3c(c2)OCO3)c2c1CCc1c-2n[nH]c1Br. The smallest absolute Gasteiger partial charge is 0.259 e. The van der Waals surface area contributed by atoms with E-state index < -0.39 is 5.91 Å². The lowest BCUT2D eigenvalue weighted by Gasteiger charge is -2.14. The molecule has 1 aromatic carbocycles. The van der Waals surface area contributed by atoms with Crippen LogP contribution in [0.3, 0.4) is 0 Å². The second-order valence-corrected chi connectivity index (χ2v) is 7.69.